The van der Waals surface area contributed by atoms with Gasteiger partial charge in [0.15, 0.2) is 0 Å². The molecule has 4 heteroatoms. The molecule has 3 heterocycles. The van der Waals surface area contributed by atoms with Crippen LogP contribution in [0.4, 0.5) is 0 Å². The minimum absolute atomic E-state index is 0.236. The van der Waals surface area contributed by atoms with E-state index in [2.05, 4.69) is 16.8 Å². The Morgan fingerprint density at radius 3 is 2.90 bits per heavy atom. The van der Waals surface area contributed by atoms with E-state index in [1.54, 1.807) is 0 Å². The SMILES string of the molecule is CN1C[C@@H]2CC[C@H]1CN(C(=O)Cc1cccc(Cl)c1)C2. The number of carbonyl (C=O) groups excluding carboxylic acids is 1. The molecule has 1 aromatic carbocycles. The number of rotatable bonds is 2. The average Bonchev–Trinajstić information content (AvgIpc) is 2.70. The Kier molecular flexibility index (Phi) is 3.99. The van der Waals surface area contributed by atoms with Crippen molar-refractivity contribution in [1.82, 2.24) is 9.80 Å². The fourth-order valence-electron chi connectivity index (χ4n) is 3.45. The molecule has 20 heavy (non-hydrogen) atoms. The van der Waals surface area contributed by atoms with Crippen LogP contribution in [0.15, 0.2) is 24.3 Å². The van der Waals surface area contributed by atoms with Gasteiger partial charge in [-0.2, -0.15) is 0 Å². The first-order valence-corrected chi connectivity index (χ1v) is 7.72. The number of halogens is 1. The van der Waals surface area contributed by atoms with Crippen LogP contribution in [0.3, 0.4) is 0 Å². The molecule has 0 spiro atoms. The minimum Gasteiger partial charge on any atom is -0.341 e. The lowest BCUT2D eigenvalue weighted by molar-refractivity contribution is -0.130. The summed E-state index contributed by atoms with van der Waals surface area (Å²) in [6, 6.07) is 8.15. The van der Waals surface area contributed by atoms with Crippen molar-refractivity contribution in [3.05, 3.63) is 34.9 Å². The highest BCUT2D eigenvalue weighted by molar-refractivity contribution is 6.30. The van der Waals surface area contributed by atoms with Crippen molar-refractivity contribution in [2.24, 2.45) is 5.92 Å². The van der Waals surface area contributed by atoms with Crippen molar-refractivity contribution >= 4 is 17.5 Å². The zero-order valence-electron chi connectivity index (χ0n) is 11.9. The second-order valence-corrected chi connectivity index (χ2v) is 6.58. The normalized spacial score (nSPS) is 26.6. The molecule has 2 bridgehead atoms. The molecular formula is C16H21ClN2O. The van der Waals surface area contributed by atoms with Gasteiger partial charge in [0.05, 0.1) is 6.42 Å². The van der Waals surface area contributed by atoms with Crippen LogP contribution < -0.4 is 0 Å². The van der Waals surface area contributed by atoms with Gasteiger partial charge in [-0.15, -0.1) is 0 Å². The quantitative estimate of drug-likeness (QED) is 0.836. The molecule has 0 radical (unpaired) electrons. The van der Waals surface area contributed by atoms with Crippen LogP contribution in [0.2, 0.25) is 5.02 Å². The van der Waals surface area contributed by atoms with Crippen molar-refractivity contribution in [2.75, 3.05) is 26.7 Å². The summed E-state index contributed by atoms with van der Waals surface area (Å²) in [6.45, 7) is 2.93. The molecule has 0 aromatic heterocycles. The van der Waals surface area contributed by atoms with Gasteiger partial charge in [0, 0.05) is 30.7 Å². The maximum Gasteiger partial charge on any atom is 0.227 e. The zero-order chi connectivity index (χ0) is 14.1. The lowest BCUT2D eigenvalue weighted by Crippen LogP contribution is -2.42. The highest BCUT2D eigenvalue weighted by atomic mass is 35.5. The van der Waals surface area contributed by atoms with E-state index in [0.717, 1.165) is 25.2 Å². The van der Waals surface area contributed by atoms with Gasteiger partial charge < -0.3 is 9.80 Å². The maximum atomic E-state index is 12.5. The van der Waals surface area contributed by atoms with Gasteiger partial charge in [-0.05, 0) is 43.5 Å². The molecule has 0 aliphatic carbocycles. The van der Waals surface area contributed by atoms with Crippen LogP contribution in [0, 0.1) is 5.92 Å². The molecule has 0 unspecified atom stereocenters. The molecule has 1 amide bonds. The summed E-state index contributed by atoms with van der Waals surface area (Å²) in [5.74, 6) is 0.876. The van der Waals surface area contributed by atoms with Gasteiger partial charge in [0.2, 0.25) is 5.91 Å². The smallest absolute Gasteiger partial charge is 0.227 e. The van der Waals surface area contributed by atoms with Crippen LogP contribution in [-0.2, 0) is 11.2 Å². The first-order valence-electron chi connectivity index (χ1n) is 7.34. The van der Waals surface area contributed by atoms with Gasteiger partial charge in [-0.25, -0.2) is 0 Å². The van der Waals surface area contributed by atoms with Crippen molar-refractivity contribution < 1.29 is 4.79 Å². The molecule has 3 nitrogen and oxygen atoms in total. The summed E-state index contributed by atoms with van der Waals surface area (Å²) in [6.07, 6.45) is 2.95. The standard InChI is InChI=1S/C16H21ClN2O/c1-18-9-13-5-6-15(18)11-19(10-13)16(20)8-12-3-2-4-14(17)7-12/h2-4,7,13,15H,5-6,8-11H2,1H3/t13-,15-/m0/s1. The first-order chi connectivity index (χ1) is 9.61. The van der Waals surface area contributed by atoms with Gasteiger partial charge in [-0.3, -0.25) is 4.79 Å². The molecule has 3 aliphatic heterocycles. The van der Waals surface area contributed by atoms with Gasteiger partial charge in [0.1, 0.15) is 0 Å². The predicted molar refractivity (Wildman–Crippen MR) is 80.9 cm³/mol. The molecule has 1 aromatic rings. The second kappa shape index (κ2) is 5.74. The number of nitrogens with zero attached hydrogens (tertiary/aromatic N) is 2. The average molecular weight is 293 g/mol. The number of hydrogen-bond donors (Lipinski definition) is 0. The van der Waals surface area contributed by atoms with Crippen molar-refractivity contribution in [1.29, 1.82) is 0 Å². The molecule has 3 saturated heterocycles. The molecule has 108 valence electrons. The van der Waals surface area contributed by atoms with Crippen molar-refractivity contribution in [3.8, 4) is 0 Å². The van der Waals surface area contributed by atoms with Crippen LogP contribution in [0.1, 0.15) is 18.4 Å². The Hall–Kier alpha value is -1.06. The fraction of sp³-hybridized carbons (Fsp3) is 0.562. The Morgan fingerprint density at radius 1 is 1.30 bits per heavy atom. The largest absolute Gasteiger partial charge is 0.341 e. The van der Waals surface area contributed by atoms with E-state index in [9.17, 15) is 4.79 Å². The Morgan fingerprint density at radius 2 is 2.15 bits per heavy atom. The third-order valence-electron chi connectivity index (χ3n) is 4.58. The number of carbonyl (C=O) groups is 1. The Labute approximate surface area is 125 Å². The zero-order valence-corrected chi connectivity index (χ0v) is 12.6. The second-order valence-electron chi connectivity index (χ2n) is 6.14. The highest BCUT2D eigenvalue weighted by Crippen LogP contribution is 2.27. The molecule has 4 rings (SSSR count). The van der Waals surface area contributed by atoms with E-state index in [1.165, 1.54) is 12.8 Å². The molecule has 3 aliphatic rings. The van der Waals surface area contributed by atoms with E-state index in [0.29, 0.717) is 23.4 Å². The topological polar surface area (TPSA) is 23.6 Å². The third-order valence-corrected chi connectivity index (χ3v) is 4.82. The third kappa shape index (κ3) is 2.99. The summed E-state index contributed by atoms with van der Waals surface area (Å²) in [5, 5.41) is 0.700. The van der Waals surface area contributed by atoms with Crippen LogP contribution in [-0.4, -0.2) is 48.4 Å². The van der Waals surface area contributed by atoms with Crippen LogP contribution in [0.25, 0.3) is 0 Å². The number of likely N-dealkylation sites (N-methyl/N-ethyl adjacent to an activating group) is 1. The number of amides is 1. The van der Waals surface area contributed by atoms with Gasteiger partial charge in [0.25, 0.3) is 0 Å². The van der Waals surface area contributed by atoms with E-state index in [-0.39, 0.29) is 5.91 Å². The first kappa shape index (κ1) is 13.9. The van der Waals surface area contributed by atoms with Gasteiger partial charge in [-0.1, -0.05) is 23.7 Å². The molecule has 2 atom stereocenters. The molecular weight excluding hydrogens is 272 g/mol. The van der Waals surface area contributed by atoms with Gasteiger partial charge >= 0.3 is 0 Å². The van der Waals surface area contributed by atoms with E-state index < -0.39 is 0 Å². The Balaban J connectivity index is 1.68. The molecule has 3 fully saturated rings. The van der Waals surface area contributed by atoms with E-state index >= 15 is 0 Å². The number of benzene rings is 1. The lowest BCUT2D eigenvalue weighted by Gasteiger charge is -2.32. The van der Waals surface area contributed by atoms with E-state index in [1.807, 2.05) is 24.3 Å². The van der Waals surface area contributed by atoms with Crippen molar-refractivity contribution in [3.63, 3.8) is 0 Å². The number of hydrogen-bond acceptors (Lipinski definition) is 2. The van der Waals surface area contributed by atoms with Crippen LogP contribution >= 0.6 is 11.6 Å². The highest BCUT2D eigenvalue weighted by Gasteiger charge is 2.34. The monoisotopic (exact) mass is 292 g/mol. The summed E-state index contributed by atoms with van der Waals surface area (Å²) in [7, 11) is 2.18. The van der Waals surface area contributed by atoms with Crippen molar-refractivity contribution in [2.45, 2.75) is 25.3 Å². The summed E-state index contributed by atoms with van der Waals surface area (Å²) in [4.78, 5) is 17.0. The summed E-state index contributed by atoms with van der Waals surface area (Å²) >= 11 is 5.98. The molecule has 0 saturated carbocycles. The predicted octanol–water partition coefficient (Wildman–Crippen LogP) is 2.44. The minimum atomic E-state index is 0.236. The summed E-state index contributed by atoms with van der Waals surface area (Å²) < 4.78 is 0. The number of fused-ring (bicyclic) bond motifs is 4. The van der Waals surface area contributed by atoms with E-state index in [4.69, 9.17) is 11.6 Å². The number of piperidine rings is 1. The van der Waals surface area contributed by atoms with Crippen LogP contribution in [0.5, 0.6) is 0 Å². The lowest BCUT2D eigenvalue weighted by atomic mass is 9.96. The molecule has 0 N–H and O–H groups in total. The Bertz CT molecular complexity index is 505. The maximum absolute atomic E-state index is 12.5. The summed E-state index contributed by atoms with van der Waals surface area (Å²) in [5.41, 5.74) is 1.01. The fourth-order valence-corrected chi connectivity index (χ4v) is 3.67.